The summed E-state index contributed by atoms with van der Waals surface area (Å²) in [7, 11) is 0. The second-order valence-corrected chi connectivity index (χ2v) is 6.27. The highest BCUT2D eigenvalue weighted by atomic mass is 16.2. The molecule has 0 unspecified atom stereocenters. The largest absolute Gasteiger partial charge is 0.305 e. The fourth-order valence-corrected chi connectivity index (χ4v) is 3.35. The minimum absolute atomic E-state index is 0.0201. The first-order chi connectivity index (χ1) is 11.7. The van der Waals surface area contributed by atoms with Gasteiger partial charge in [-0.3, -0.25) is 9.48 Å². The average Bonchev–Trinajstić information content (AvgIpc) is 3.19. The van der Waals surface area contributed by atoms with Gasteiger partial charge in [0.15, 0.2) is 0 Å². The molecule has 0 saturated heterocycles. The number of fused-ring (bicyclic) bond motifs is 1. The number of nitrogens with zero attached hydrogens (tertiary/aromatic N) is 3. The van der Waals surface area contributed by atoms with Gasteiger partial charge in [-0.2, -0.15) is 5.10 Å². The van der Waals surface area contributed by atoms with E-state index in [9.17, 15) is 4.79 Å². The van der Waals surface area contributed by atoms with Crippen molar-refractivity contribution < 1.29 is 4.79 Å². The summed E-state index contributed by atoms with van der Waals surface area (Å²) in [6.45, 7) is 2.76. The number of rotatable bonds is 3. The Hall–Kier alpha value is -2.88. The molecule has 0 fully saturated rings. The first-order valence-corrected chi connectivity index (χ1v) is 8.20. The minimum Gasteiger partial charge on any atom is -0.305 e. The van der Waals surface area contributed by atoms with Crippen molar-refractivity contribution in [1.29, 1.82) is 0 Å². The van der Waals surface area contributed by atoms with Crippen molar-refractivity contribution in [2.75, 3.05) is 4.90 Å². The van der Waals surface area contributed by atoms with Gasteiger partial charge in [-0.1, -0.05) is 48.5 Å². The summed E-state index contributed by atoms with van der Waals surface area (Å²) in [5.41, 5.74) is 4.05. The maximum Gasteiger partial charge on any atom is 0.261 e. The van der Waals surface area contributed by atoms with Gasteiger partial charge in [0, 0.05) is 17.9 Å². The van der Waals surface area contributed by atoms with E-state index in [0.29, 0.717) is 12.1 Å². The van der Waals surface area contributed by atoms with E-state index in [1.54, 1.807) is 6.20 Å². The molecule has 24 heavy (non-hydrogen) atoms. The van der Waals surface area contributed by atoms with Crippen LogP contribution in [0.3, 0.4) is 0 Å². The maximum atomic E-state index is 13.0. The van der Waals surface area contributed by atoms with Crippen LogP contribution in [-0.2, 0) is 13.0 Å². The molecular weight excluding hydrogens is 298 g/mol. The highest BCUT2D eigenvalue weighted by Crippen LogP contribution is 2.32. The lowest BCUT2D eigenvalue weighted by molar-refractivity contribution is 0.0981. The van der Waals surface area contributed by atoms with E-state index in [-0.39, 0.29) is 11.9 Å². The first kappa shape index (κ1) is 14.7. The number of para-hydroxylation sites is 1. The Balaban J connectivity index is 1.58. The normalized spacial score (nSPS) is 16.2. The number of carbonyl (C=O) groups excluding carboxylic acids is 1. The van der Waals surface area contributed by atoms with Crippen LogP contribution < -0.4 is 4.90 Å². The zero-order valence-electron chi connectivity index (χ0n) is 13.6. The van der Waals surface area contributed by atoms with Gasteiger partial charge in [-0.25, -0.2) is 0 Å². The van der Waals surface area contributed by atoms with E-state index in [0.717, 1.165) is 12.1 Å². The average molecular weight is 317 g/mol. The van der Waals surface area contributed by atoms with Gasteiger partial charge in [0.1, 0.15) is 0 Å². The van der Waals surface area contributed by atoms with Crippen molar-refractivity contribution in [2.24, 2.45) is 0 Å². The third-order valence-corrected chi connectivity index (χ3v) is 4.49. The molecule has 4 heteroatoms. The first-order valence-electron chi connectivity index (χ1n) is 8.20. The molecule has 2 aromatic carbocycles. The van der Waals surface area contributed by atoms with Crippen LogP contribution in [0.1, 0.15) is 28.4 Å². The van der Waals surface area contributed by atoms with Crippen LogP contribution in [0, 0.1) is 0 Å². The summed E-state index contributed by atoms with van der Waals surface area (Å²) in [4.78, 5) is 14.8. The van der Waals surface area contributed by atoms with Crippen molar-refractivity contribution in [3.05, 3.63) is 83.7 Å². The van der Waals surface area contributed by atoms with Crippen LogP contribution in [0.5, 0.6) is 0 Å². The predicted octanol–water partition coefficient (Wildman–Crippen LogP) is 3.52. The smallest absolute Gasteiger partial charge is 0.261 e. The van der Waals surface area contributed by atoms with E-state index in [2.05, 4.69) is 30.2 Å². The Kier molecular flexibility index (Phi) is 3.65. The van der Waals surface area contributed by atoms with Crippen LogP contribution in [0.4, 0.5) is 5.69 Å². The van der Waals surface area contributed by atoms with Crippen molar-refractivity contribution in [2.45, 2.75) is 25.9 Å². The second kappa shape index (κ2) is 5.96. The lowest BCUT2D eigenvalue weighted by Crippen LogP contribution is -2.35. The molecule has 0 N–H and O–H groups in total. The highest BCUT2D eigenvalue weighted by molar-refractivity contribution is 6.07. The molecular formula is C20H19N3O. The SMILES string of the molecule is C[C@H]1Cc2ccccc2N1C(=O)c1cnn(Cc2ccccc2)c1. The lowest BCUT2D eigenvalue weighted by Gasteiger charge is -2.21. The predicted molar refractivity (Wildman–Crippen MR) is 94.2 cm³/mol. The Morgan fingerprint density at radius 3 is 2.71 bits per heavy atom. The summed E-state index contributed by atoms with van der Waals surface area (Å²) in [6.07, 6.45) is 4.40. The molecule has 1 aliphatic heterocycles. The minimum atomic E-state index is 0.0201. The van der Waals surface area contributed by atoms with Gasteiger partial charge < -0.3 is 4.90 Å². The Morgan fingerprint density at radius 2 is 1.88 bits per heavy atom. The van der Waals surface area contributed by atoms with E-state index >= 15 is 0 Å². The number of hydrogen-bond donors (Lipinski definition) is 0. The summed E-state index contributed by atoms with van der Waals surface area (Å²) >= 11 is 0. The van der Waals surface area contributed by atoms with Crippen LogP contribution in [0.2, 0.25) is 0 Å². The second-order valence-electron chi connectivity index (χ2n) is 6.27. The molecule has 0 spiro atoms. The molecule has 1 aromatic heterocycles. The van der Waals surface area contributed by atoms with Crippen molar-refractivity contribution in [3.63, 3.8) is 0 Å². The molecule has 0 bridgehead atoms. The van der Waals surface area contributed by atoms with Crippen molar-refractivity contribution in [1.82, 2.24) is 9.78 Å². The van der Waals surface area contributed by atoms with Gasteiger partial charge in [0.05, 0.1) is 18.3 Å². The number of benzene rings is 2. The van der Waals surface area contributed by atoms with Gasteiger partial charge >= 0.3 is 0 Å². The Morgan fingerprint density at radius 1 is 1.12 bits per heavy atom. The van der Waals surface area contributed by atoms with Gasteiger partial charge in [0.2, 0.25) is 0 Å². The molecule has 1 atom stereocenters. The maximum absolute atomic E-state index is 13.0. The molecule has 0 aliphatic carbocycles. The van der Waals surface area contributed by atoms with Crippen LogP contribution in [-0.4, -0.2) is 21.7 Å². The number of amides is 1. The summed E-state index contributed by atoms with van der Waals surface area (Å²) in [5.74, 6) is 0.0201. The molecule has 1 aliphatic rings. The topological polar surface area (TPSA) is 38.1 Å². The molecule has 1 amide bonds. The van der Waals surface area contributed by atoms with E-state index < -0.39 is 0 Å². The molecule has 4 rings (SSSR count). The fourth-order valence-electron chi connectivity index (χ4n) is 3.35. The highest BCUT2D eigenvalue weighted by Gasteiger charge is 2.31. The number of hydrogen-bond acceptors (Lipinski definition) is 2. The van der Waals surface area contributed by atoms with Crippen LogP contribution >= 0.6 is 0 Å². The Bertz CT molecular complexity index is 869. The third kappa shape index (κ3) is 2.60. The molecule has 120 valence electrons. The monoisotopic (exact) mass is 317 g/mol. The Labute approximate surface area is 141 Å². The summed E-state index contributed by atoms with van der Waals surface area (Å²) < 4.78 is 1.81. The number of carbonyl (C=O) groups is 1. The van der Waals surface area contributed by atoms with Gasteiger partial charge in [-0.05, 0) is 30.5 Å². The van der Waals surface area contributed by atoms with Crippen LogP contribution in [0.25, 0.3) is 0 Å². The van der Waals surface area contributed by atoms with E-state index in [1.165, 1.54) is 11.1 Å². The van der Waals surface area contributed by atoms with Gasteiger partial charge in [0.25, 0.3) is 5.91 Å². The summed E-state index contributed by atoms with van der Waals surface area (Å²) in [6, 6.07) is 18.4. The molecule has 4 nitrogen and oxygen atoms in total. The van der Waals surface area contributed by atoms with E-state index in [4.69, 9.17) is 0 Å². The van der Waals surface area contributed by atoms with Crippen LogP contribution in [0.15, 0.2) is 67.0 Å². The molecule has 2 heterocycles. The number of anilines is 1. The fraction of sp³-hybridized carbons (Fsp3) is 0.200. The summed E-state index contributed by atoms with van der Waals surface area (Å²) in [5, 5.41) is 4.35. The molecule has 0 saturated carbocycles. The standard InChI is InChI=1S/C20H19N3O/c1-15-11-17-9-5-6-10-19(17)23(15)20(24)18-12-21-22(14-18)13-16-7-3-2-4-8-16/h2-10,12,14-15H,11,13H2,1H3/t15-/m0/s1. The quantitative estimate of drug-likeness (QED) is 0.741. The van der Waals surface area contributed by atoms with Crippen molar-refractivity contribution in [3.8, 4) is 0 Å². The lowest BCUT2D eigenvalue weighted by atomic mass is 10.1. The van der Waals surface area contributed by atoms with E-state index in [1.807, 2.05) is 52.2 Å². The molecule has 0 radical (unpaired) electrons. The zero-order chi connectivity index (χ0) is 16.5. The van der Waals surface area contributed by atoms with Gasteiger partial charge in [-0.15, -0.1) is 0 Å². The third-order valence-electron chi connectivity index (χ3n) is 4.49. The molecule has 3 aromatic rings. The van der Waals surface area contributed by atoms with Crippen molar-refractivity contribution >= 4 is 11.6 Å². The number of aromatic nitrogens is 2. The zero-order valence-corrected chi connectivity index (χ0v) is 13.6.